The third kappa shape index (κ3) is 3.33. The third-order valence-corrected chi connectivity index (χ3v) is 2.63. The van der Waals surface area contributed by atoms with Crippen molar-refractivity contribution in [3.05, 3.63) is 65.7 Å². The molecule has 17 heavy (non-hydrogen) atoms. The third-order valence-electron chi connectivity index (χ3n) is 2.63. The van der Waals surface area contributed by atoms with Crippen LogP contribution in [0, 0.1) is 0 Å². The first kappa shape index (κ1) is 11.7. The highest BCUT2D eigenvalue weighted by atomic mass is 16.5. The number of hydrogen-bond donors (Lipinski definition) is 1. The molecule has 2 N–H and O–H groups in total. The van der Waals surface area contributed by atoms with Gasteiger partial charge in [-0.15, -0.1) is 0 Å². The van der Waals surface area contributed by atoms with Crippen LogP contribution < -0.4 is 10.5 Å². The lowest BCUT2D eigenvalue weighted by molar-refractivity contribution is 0.306. The average molecular weight is 227 g/mol. The van der Waals surface area contributed by atoms with Gasteiger partial charge in [-0.05, 0) is 30.2 Å². The molecule has 0 spiro atoms. The molecule has 2 aromatic carbocycles. The van der Waals surface area contributed by atoms with Crippen molar-refractivity contribution in [2.45, 2.75) is 19.6 Å². The second-order valence-corrected chi connectivity index (χ2v) is 4.14. The molecule has 2 heteroatoms. The second-order valence-electron chi connectivity index (χ2n) is 4.14. The molecule has 2 aromatic rings. The van der Waals surface area contributed by atoms with E-state index in [1.54, 1.807) is 0 Å². The summed E-state index contributed by atoms with van der Waals surface area (Å²) in [7, 11) is 0. The zero-order valence-corrected chi connectivity index (χ0v) is 9.97. The number of ether oxygens (including phenoxy) is 1. The SMILES string of the molecule is CC(N)c1cccc(OCc2ccccc2)c1. The normalized spacial score (nSPS) is 12.1. The van der Waals surface area contributed by atoms with E-state index in [9.17, 15) is 0 Å². The van der Waals surface area contributed by atoms with Gasteiger partial charge in [0.25, 0.3) is 0 Å². The Labute approximate surface area is 102 Å². The van der Waals surface area contributed by atoms with Gasteiger partial charge in [-0.3, -0.25) is 0 Å². The van der Waals surface area contributed by atoms with Crippen LogP contribution in [-0.4, -0.2) is 0 Å². The maximum atomic E-state index is 5.83. The van der Waals surface area contributed by atoms with E-state index in [0.717, 1.165) is 11.3 Å². The van der Waals surface area contributed by atoms with Gasteiger partial charge in [-0.1, -0.05) is 42.5 Å². The molecular formula is C15H17NO. The molecule has 88 valence electrons. The van der Waals surface area contributed by atoms with Crippen molar-refractivity contribution < 1.29 is 4.74 Å². The van der Waals surface area contributed by atoms with Crippen LogP contribution in [0.2, 0.25) is 0 Å². The fourth-order valence-corrected chi connectivity index (χ4v) is 1.63. The van der Waals surface area contributed by atoms with Crippen LogP contribution in [0.25, 0.3) is 0 Å². The van der Waals surface area contributed by atoms with E-state index in [1.807, 2.05) is 49.4 Å². The molecule has 0 aromatic heterocycles. The summed E-state index contributed by atoms with van der Waals surface area (Å²) in [6.45, 7) is 2.56. The highest BCUT2D eigenvalue weighted by Crippen LogP contribution is 2.18. The van der Waals surface area contributed by atoms with E-state index in [2.05, 4.69) is 12.1 Å². The zero-order chi connectivity index (χ0) is 12.1. The Hall–Kier alpha value is -1.80. The smallest absolute Gasteiger partial charge is 0.120 e. The molecule has 0 radical (unpaired) electrons. The Morgan fingerprint density at radius 1 is 1.06 bits per heavy atom. The molecule has 0 heterocycles. The number of rotatable bonds is 4. The molecule has 0 saturated carbocycles. The summed E-state index contributed by atoms with van der Waals surface area (Å²) >= 11 is 0. The van der Waals surface area contributed by atoms with Crippen LogP contribution in [0.3, 0.4) is 0 Å². The lowest BCUT2D eigenvalue weighted by Crippen LogP contribution is -2.05. The van der Waals surface area contributed by atoms with Gasteiger partial charge in [0.05, 0.1) is 0 Å². The Morgan fingerprint density at radius 2 is 1.82 bits per heavy atom. The van der Waals surface area contributed by atoms with Crippen molar-refractivity contribution in [2.75, 3.05) is 0 Å². The highest BCUT2D eigenvalue weighted by molar-refractivity contribution is 5.30. The van der Waals surface area contributed by atoms with Crippen molar-refractivity contribution in [1.82, 2.24) is 0 Å². The summed E-state index contributed by atoms with van der Waals surface area (Å²) in [6.07, 6.45) is 0. The maximum Gasteiger partial charge on any atom is 0.120 e. The van der Waals surface area contributed by atoms with Gasteiger partial charge >= 0.3 is 0 Å². The van der Waals surface area contributed by atoms with E-state index in [0.29, 0.717) is 6.61 Å². The lowest BCUT2D eigenvalue weighted by atomic mass is 10.1. The van der Waals surface area contributed by atoms with Crippen LogP contribution in [0.4, 0.5) is 0 Å². The Balaban J connectivity index is 2.02. The van der Waals surface area contributed by atoms with Gasteiger partial charge < -0.3 is 10.5 Å². The minimum atomic E-state index is 0.0373. The summed E-state index contributed by atoms with van der Waals surface area (Å²) in [4.78, 5) is 0. The molecule has 0 saturated heterocycles. The lowest BCUT2D eigenvalue weighted by Gasteiger charge is -2.10. The fraction of sp³-hybridized carbons (Fsp3) is 0.200. The van der Waals surface area contributed by atoms with Crippen LogP contribution in [-0.2, 0) is 6.61 Å². The molecule has 0 amide bonds. The first-order valence-corrected chi connectivity index (χ1v) is 5.78. The Bertz CT molecular complexity index is 465. The predicted molar refractivity (Wildman–Crippen MR) is 69.8 cm³/mol. The van der Waals surface area contributed by atoms with E-state index >= 15 is 0 Å². The molecule has 0 fully saturated rings. The fourth-order valence-electron chi connectivity index (χ4n) is 1.63. The molecule has 1 unspecified atom stereocenters. The first-order valence-electron chi connectivity index (χ1n) is 5.78. The summed E-state index contributed by atoms with van der Waals surface area (Å²) in [6, 6.07) is 18.1. The van der Waals surface area contributed by atoms with Crippen molar-refractivity contribution in [2.24, 2.45) is 5.73 Å². The number of benzene rings is 2. The van der Waals surface area contributed by atoms with Crippen molar-refractivity contribution >= 4 is 0 Å². The van der Waals surface area contributed by atoms with Crippen molar-refractivity contribution in [3.63, 3.8) is 0 Å². The summed E-state index contributed by atoms with van der Waals surface area (Å²) in [5.74, 6) is 0.864. The van der Waals surface area contributed by atoms with Gasteiger partial charge in [-0.2, -0.15) is 0 Å². The minimum Gasteiger partial charge on any atom is -0.489 e. The standard InChI is InChI=1S/C15H17NO/c1-12(16)14-8-5-9-15(10-14)17-11-13-6-3-2-4-7-13/h2-10,12H,11,16H2,1H3. The monoisotopic (exact) mass is 227 g/mol. The molecule has 0 bridgehead atoms. The van der Waals surface area contributed by atoms with E-state index in [1.165, 1.54) is 5.56 Å². The zero-order valence-electron chi connectivity index (χ0n) is 9.97. The topological polar surface area (TPSA) is 35.2 Å². The van der Waals surface area contributed by atoms with Gasteiger partial charge in [0.15, 0.2) is 0 Å². The summed E-state index contributed by atoms with van der Waals surface area (Å²) in [5, 5.41) is 0. The molecule has 2 rings (SSSR count). The van der Waals surface area contributed by atoms with Crippen LogP contribution in [0.5, 0.6) is 5.75 Å². The summed E-state index contributed by atoms with van der Waals surface area (Å²) in [5.41, 5.74) is 8.09. The van der Waals surface area contributed by atoms with Crippen molar-refractivity contribution in [3.8, 4) is 5.75 Å². The van der Waals surface area contributed by atoms with E-state index < -0.39 is 0 Å². The molecule has 0 aliphatic heterocycles. The predicted octanol–water partition coefficient (Wildman–Crippen LogP) is 3.29. The quantitative estimate of drug-likeness (QED) is 0.870. The Kier molecular flexibility index (Phi) is 3.78. The largest absolute Gasteiger partial charge is 0.489 e. The van der Waals surface area contributed by atoms with Gasteiger partial charge in [-0.25, -0.2) is 0 Å². The van der Waals surface area contributed by atoms with Crippen LogP contribution in [0.15, 0.2) is 54.6 Å². The summed E-state index contributed by atoms with van der Waals surface area (Å²) < 4.78 is 5.73. The average Bonchev–Trinajstić information content (AvgIpc) is 2.38. The minimum absolute atomic E-state index is 0.0373. The van der Waals surface area contributed by atoms with Gasteiger partial charge in [0.2, 0.25) is 0 Å². The van der Waals surface area contributed by atoms with E-state index in [4.69, 9.17) is 10.5 Å². The van der Waals surface area contributed by atoms with Crippen LogP contribution in [0.1, 0.15) is 24.1 Å². The first-order chi connectivity index (χ1) is 8.25. The second kappa shape index (κ2) is 5.51. The molecule has 0 aliphatic carbocycles. The highest BCUT2D eigenvalue weighted by Gasteiger charge is 2.01. The molecule has 1 atom stereocenters. The number of nitrogens with two attached hydrogens (primary N) is 1. The molecule has 2 nitrogen and oxygen atoms in total. The van der Waals surface area contributed by atoms with Gasteiger partial charge in [0, 0.05) is 6.04 Å². The van der Waals surface area contributed by atoms with E-state index in [-0.39, 0.29) is 6.04 Å². The molecular weight excluding hydrogens is 210 g/mol. The number of hydrogen-bond acceptors (Lipinski definition) is 2. The van der Waals surface area contributed by atoms with Gasteiger partial charge in [0.1, 0.15) is 12.4 Å². The molecule has 0 aliphatic rings. The maximum absolute atomic E-state index is 5.83. The van der Waals surface area contributed by atoms with Crippen molar-refractivity contribution in [1.29, 1.82) is 0 Å². The Morgan fingerprint density at radius 3 is 2.53 bits per heavy atom. The van der Waals surface area contributed by atoms with Crippen LogP contribution >= 0.6 is 0 Å².